The van der Waals surface area contributed by atoms with E-state index in [1.165, 1.54) is 17.8 Å². The van der Waals surface area contributed by atoms with Crippen molar-refractivity contribution >= 4 is 40.5 Å². The van der Waals surface area contributed by atoms with Gasteiger partial charge in [-0.05, 0) is 73.1 Å². The number of ether oxygens (including phenoxy) is 1. The number of benzene rings is 2. The number of rotatable bonds is 7. The minimum Gasteiger partial charge on any atom is -0.488 e. The molecule has 4 rings (SSSR count). The first-order chi connectivity index (χ1) is 15.5. The van der Waals surface area contributed by atoms with Crippen LogP contribution in [-0.4, -0.2) is 22.3 Å². The molecule has 1 aliphatic carbocycles. The number of pyridine rings is 1. The topological polar surface area (TPSA) is 59.4 Å². The van der Waals surface area contributed by atoms with Crippen LogP contribution in [0.3, 0.4) is 0 Å². The fourth-order valence-electron chi connectivity index (χ4n) is 3.89. The van der Waals surface area contributed by atoms with Crippen LogP contribution in [0.4, 0.5) is 4.39 Å². The van der Waals surface area contributed by atoms with Crippen molar-refractivity contribution in [2.45, 2.75) is 30.8 Å². The van der Waals surface area contributed by atoms with Crippen LogP contribution in [0.5, 0.6) is 5.75 Å². The molecule has 0 radical (unpaired) electrons. The second-order valence-electron chi connectivity index (χ2n) is 7.38. The monoisotopic (exact) mass is 469 g/mol. The SMILES string of the molecule is CSc1ccc(C2=C(c3cc(Cl)ccc3OCc3ccccc3F)CCC2)nc1C(=O)O. The number of hydrogen-bond donors (Lipinski definition) is 1. The van der Waals surface area contributed by atoms with Crippen LogP contribution >= 0.6 is 23.4 Å². The molecule has 3 aromatic rings. The van der Waals surface area contributed by atoms with Crippen LogP contribution in [0.15, 0.2) is 59.5 Å². The van der Waals surface area contributed by atoms with Gasteiger partial charge in [-0.3, -0.25) is 0 Å². The van der Waals surface area contributed by atoms with Gasteiger partial charge in [-0.15, -0.1) is 11.8 Å². The first-order valence-electron chi connectivity index (χ1n) is 10.1. The van der Waals surface area contributed by atoms with Gasteiger partial charge in [-0.2, -0.15) is 0 Å². The van der Waals surface area contributed by atoms with Gasteiger partial charge in [0.1, 0.15) is 18.2 Å². The Morgan fingerprint density at radius 3 is 2.69 bits per heavy atom. The number of carboxylic acid groups (broad SMARTS) is 1. The highest BCUT2D eigenvalue weighted by atomic mass is 35.5. The Bertz CT molecular complexity index is 1210. The zero-order chi connectivity index (χ0) is 22.7. The van der Waals surface area contributed by atoms with Crippen LogP contribution in [-0.2, 0) is 6.61 Å². The molecule has 4 nitrogen and oxygen atoms in total. The highest BCUT2D eigenvalue weighted by molar-refractivity contribution is 7.98. The van der Waals surface area contributed by atoms with Gasteiger partial charge in [-0.1, -0.05) is 29.8 Å². The molecule has 1 aromatic heterocycles. The van der Waals surface area contributed by atoms with Crippen molar-refractivity contribution in [2.75, 3.05) is 6.26 Å². The summed E-state index contributed by atoms with van der Waals surface area (Å²) in [4.78, 5) is 16.8. The number of hydrogen-bond acceptors (Lipinski definition) is 4. The van der Waals surface area contributed by atoms with Crippen LogP contribution in [0.2, 0.25) is 5.02 Å². The third kappa shape index (κ3) is 4.66. The summed E-state index contributed by atoms with van der Waals surface area (Å²) in [5.41, 5.74) is 4.00. The second-order valence-corrected chi connectivity index (χ2v) is 8.67. The van der Waals surface area contributed by atoms with E-state index < -0.39 is 5.97 Å². The Morgan fingerprint density at radius 1 is 1.16 bits per heavy atom. The summed E-state index contributed by atoms with van der Waals surface area (Å²) < 4.78 is 20.0. The predicted octanol–water partition coefficient (Wildman–Crippen LogP) is 6.97. The Hall–Kier alpha value is -2.83. The van der Waals surface area contributed by atoms with E-state index in [9.17, 15) is 14.3 Å². The smallest absolute Gasteiger partial charge is 0.355 e. The molecule has 0 saturated carbocycles. The maximum atomic E-state index is 14.0. The molecule has 1 aliphatic rings. The molecule has 1 N–H and O–H groups in total. The van der Waals surface area contributed by atoms with E-state index in [1.54, 1.807) is 36.4 Å². The van der Waals surface area contributed by atoms with Crippen LogP contribution < -0.4 is 4.74 Å². The lowest BCUT2D eigenvalue weighted by Gasteiger charge is -2.15. The molecule has 0 atom stereocenters. The molecule has 0 bridgehead atoms. The van der Waals surface area contributed by atoms with Crippen molar-refractivity contribution in [1.82, 2.24) is 4.98 Å². The van der Waals surface area contributed by atoms with Gasteiger partial charge in [-0.25, -0.2) is 14.2 Å². The quantitative estimate of drug-likeness (QED) is 0.379. The summed E-state index contributed by atoms with van der Waals surface area (Å²) in [7, 11) is 0. The molecular formula is C25H21ClFNO3S. The van der Waals surface area contributed by atoms with Crippen molar-refractivity contribution in [2.24, 2.45) is 0 Å². The molecule has 7 heteroatoms. The molecule has 0 fully saturated rings. The average Bonchev–Trinajstić information content (AvgIpc) is 3.28. The lowest BCUT2D eigenvalue weighted by Crippen LogP contribution is -2.05. The summed E-state index contributed by atoms with van der Waals surface area (Å²) in [6, 6.07) is 15.5. The molecule has 0 aliphatic heterocycles. The largest absolute Gasteiger partial charge is 0.488 e. The van der Waals surface area contributed by atoms with E-state index in [-0.39, 0.29) is 18.1 Å². The maximum absolute atomic E-state index is 14.0. The number of allylic oxidation sites excluding steroid dienone is 2. The summed E-state index contributed by atoms with van der Waals surface area (Å²) >= 11 is 7.66. The number of aromatic carboxylic acids is 1. The fourth-order valence-corrected chi connectivity index (χ4v) is 4.59. The van der Waals surface area contributed by atoms with Gasteiger partial charge in [0.05, 0.1) is 5.69 Å². The molecular weight excluding hydrogens is 449 g/mol. The lowest BCUT2D eigenvalue weighted by molar-refractivity contribution is 0.0686. The Kier molecular flexibility index (Phi) is 6.82. The maximum Gasteiger partial charge on any atom is 0.355 e. The fraction of sp³-hybridized carbons (Fsp3) is 0.200. The summed E-state index contributed by atoms with van der Waals surface area (Å²) in [5, 5.41) is 10.1. The number of carbonyl (C=O) groups is 1. The molecule has 0 saturated heterocycles. The van der Waals surface area contributed by atoms with Crippen molar-refractivity contribution in [3.63, 3.8) is 0 Å². The van der Waals surface area contributed by atoms with E-state index in [2.05, 4.69) is 4.98 Å². The zero-order valence-corrected chi connectivity index (χ0v) is 19.0. The van der Waals surface area contributed by atoms with Crippen molar-refractivity contribution in [1.29, 1.82) is 0 Å². The van der Waals surface area contributed by atoms with Gasteiger partial charge in [0.15, 0.2) is 5.69 Å². The van der Waals surface area contributed by atoms with Gasteiger partial charge in [0.2, 0.25) is 0 Å². The highest BCUT2D eigenvalue weighted by Gasteiger charge is 2.23. The van der Waals surface area contributed by atoms with Gasteiger partial charge >= 0.3 is 5.97 Å². The predicted molar refractivity (Wildman–Crippen MR) is 126 cm³/mol. The summed E-state index contributed by atoms with van der Waals surface area (Å²) in [6.07, 6.45) is 4.31. The first-order valence-corrected chi connectivity index (χ1v) is 11.7. The molecule has 0 unspecified atom stereocenters. The third-order valence-corrected chi connectivity index (χ3v) is 6.42. The van der Waals surface area contributed by atoms with Gasteiger partial charge in [0, 0.05) is 21.0 Å². The van der Waals surface area contributed by atoms with E-state index in [0.717, 1.165) is 36.0 Å². The lowest BCUT2D eigenvalue weighted by atomic mass is 9.98. The average molecular weight is 470 g/mol. The van der Waals surface area contributed by atoms with E-state index in [0.29, 0.717) is 26.9 Å². The number of halogens is 2. The van der Waals surface area contributed by atoms with Crippen molar-refractivity contribution in [3.8, 4) is 5.75 Å². The van der Waals surface area contributed by atoms with Gasteiger partial charge in [0.25, 0.3) is 0 Å². The normalized spacial score (nSPS) is 13.5. The summed E-state index contributed by atoms with van der Waals surface area (Å²) in [5.74, 6) is -0.762. The van der Waals surface area contributed by atoms with Gasteiger partial charge < -0.3 is 9.84 Å². The van der Waals surface area contributed by atoms with Crippen LogP contribution in [0, 0.1) is 5.82 Å². The third-order valence-electron chi connectivity index (χ3n) is 5.42. The molecule has 2 aromatic carbocycles. The van der Waals surface area contributed by atoms with Crippen molar-refractivity contribution < 1.29 is 19.0 Å². The second kappa shape index (κ2) is 9.76. The number of nitrogens with zero attached hydrogens (tertiary/aromatic N) is 1. The Labute approximate surface area is 195 Å². The first kappa shape index (κ1) is 22.4. The Balaban J connectivity index is 1.74. The molecule has 32 heavy (non-hydrogen) atoms. The molecule has 1 heterocycles. The van der Waals surface area contributed by atoms with E-state index in [4.69, 9.17) is 16.3 Å². The Morgan fingerprint density at radius 2 is 1.94 bits per heavy atom. The van der Waals surface area contributed by atoms with Crippen LogP contribution in [0.1, 0.15) is 46.6 Å². The van der Waals surface area contributed by atoms with Crippen molar-refractivity contribution in [3.05, 3.63) is 88.0 Å². The minimum atomic E-state index is -1.05. The molecule has 0 amide bonds. The summed E-state index contributed by atoms with van der Waals surface area (Å²) in [6.45, 7) is 0.0910. The zero-order valence-electron chi connectivity index (χ0n) is 17.4. The highest BCUT2D eigenvalue weighted by Crippen LogP contribution is 2.43. The number of aromatic nitrogens is 1. The molecule has 164 valence electrons. The minimum absolute atomic E-state index is 0.0517. The standard InChI is InChI=1S/C25H21ClFNO3S/c1-32-23-12-10-21(28-24(23)25(29)30)18-7-4-6-17(18)19-13-16(26)9-11-22(19)31-14-15-5-2-3-8-20(15)27/h2-3,5,8-13H,4,6-7,14H2,1H3,(H,29,30). The van der Waals surface area contributed by atoms with E-state index in [1.807, 2.05) is 18.4 Å². The number of carboxylic acids is 1. The number of thioether (sulfide) groups is 1. The molecule has 0 spiro atoms. The van der Waals surface area contributed by atoms with Crippen LogP contribution in [0.25, 0.3) is 11.1 Å². The van der Waals surface area contributed by atoms with E-state index >= 15 is 0 Å².